The fraction of sp³-hybridized carbons (Fsp3) is 0.560. The van der Waals surface area contributed by atoms with Gasteiger partial charge in [-0.3, -0.25) is 0 Å². The summed E-state index contributed by atoms with van der Waals surface area (Å²) in [6.07, 6.45) is 0.401. The van der Waals surface area contributed by atoms with Crippen LogP contribution >= 0.6 is 11.6 Å². The first-order valence-electron chi connectivity index (χ1n) is 12.1. The van der Waals surface area contributed by atoms with Gasteiger partial charge in [-0.25, -0.2) is 14.8 Å². The van der Waals surface area contributed by atoms with Gasteiger partial charge in [0.15, 0.2) is 0 Å². The highest BCUT2D eigenvalue weighted by Crippen LogP contribution is 2.35. The molecule has 36 heavy (non-hydrogen) atoms. The molecule has 1 aromatic heterocycles. The Morgan fingerprint density at radius 1 is 1.17 bits per heavy atom. The molecule has 1 aliphatic heterocycles. The summed E-state index contributed by atoms with van der Waals surface area (Å²) >= 11 is 6.05. The lowest BCUT2D eigenvalue weighted by Crippen LogP contribution is -2.57. The number of likely N-dealkylation sites (tertiary alicyclic amines) is 1. The molecule has 2 heterocycles. The number of ether oxygens (including phenoxy) is 1. The van der Waals surface area contributed by atoms with Crippen molar-refractivity contribution < 1.29 is 22.7 Å². The van der Waals surface area contributed by atoms with Crippen molar-refractivity contribution in [3.05, 3.63) is 46.7 Å². The van der Waals surface area contributed by atoms with Crippen LogP contribution in [0.5, 0.6) is 0 Å². The number of carbonyl (C=O) groups is 1. The molecule has 0 saturated carbocycles. The van der Waals surface area contributed by atoms with Gasteiger partial charge in [-0.05, 0) is 63.3 Å². The maximum Gasteiger partial charge on any atom is 0.416 e. The maximum absolute atomic E-state index is 13.5. The number of amides is 1. The van der Waals surface area contributed by atoms with E-state index >= 15 is 0 Å². The second-order valence-corrected chi connectivity index (χ2v) is 9.82. The van der Waals surface area contributed by atoms with Gasteiger partial charge in [0.05, 0.1) is 11.7 Å². The molecule has 3 atom stereocenters. The zero-order valence-corrected chi connectivity index (χ0v) is 21.7. The van der Waals surface area contributed by atoms with Crippen molar-refractivity contribution in [3.8, 4) is 0 Å². The smallest absolute Gasteiger partial charge is 0.416 e. The van der Waals surface area contributed by atoms with Crippen LogP contribution in [0.3, 0.4) is 0 Å². The number of rotatable bonds is 7. The van der Waals surface area contributed by atoms with Gasteiger partial charge in [-0.15, -0.1) is 0 Å². The summed E-state index contributed by atoms with van der Waals surface area (Å²) in [6.45, 7) is 7.75. The molecule has 1 saturated heterocycles. The summed E-state index contributed by atoms with van der Waals surface area (Å²) in [5.41, 5.74) is -0.0461. The summed E-state index contributed by atoms with van der Waals surface area (Å²) in [7, 11) is 5.78. The molecule has 0 N–H and O–H groups in total. The molecule has 0 spiro atoms. The Bertz CT molecular complexity index is 1020. The molecule has 2 radical (unpaired) electrons. The van der Waals surface area contributed by atoms with Gasteiger partial charge in [0.1, 0.15) is 7.85 Å². The minimum atomic E-state index is -4.52. The van der Waals surface area contributed by atoms with E-state index in [9.17, 15) is 18.0 Å². The molecule has 1 fully saturated rings. The van der Waals surface area contributed by atoms with E-state index in [2.05, 4.69) is 9.97 Å². The molecule has 2 aromatic rings. The van der Waals surface area contributed by atoms with Crippen LogP contribution in [0.2, 0.25) is 5.02 Å². The minimum Gasteiger partial charge on any atom is -0.447 e. The number of nitrogens with zero attached hydrogens (tertiary/aromatic N) is 4. The summed E-state index contributed by atoms with van der Waals surface area (Å²) in [5.74, 6) is 0.352. The monoisotopic (exact) mass is 522 g/mol. The van der Waals surface area contributed by atoms with Gasteiger partial charge in [0.25, 0.3) is 0 Å². The Balaban J connectivity index is 1.98. The third kappa shape index (κ3) is 6.84. The quantitative estimate of drug-likeness (QED) is 0.449. The normalized spacial score (nSPS) is 20.5. The third-order valence-electron chi connectivity index (χ3n) is 6.36. The van der Waals surface area contributed by atoms with Crippen LogP contribution in [-0.4, -0.2) is 53.0 Å². The zero-order chi connectivity index (χ0) is 26.6. The first-order valence-corrected chi connectivity index (χ1v) is 12.5. The number of alkyl halides is 3. The van der Waals surface area contributed by atoms with Crippen molar-refractivity contribution in [3.63, 3.8) is 0 Å². The minimum absolute atomic E-state index is 0.00196. The van der Waals surface area contributed by atoms with Crippen molar-refractivity contribution in [2.75, 3.05) is 4.90 Å². The number of carbonyl (C=O) groups excluding carboxylic acids is 1. The van der Waals surface area contributed by atoms with Crippen LogP contribution in [0.25, 0.3) is 0 Å². The van der Waals surface area contributed by atoms with E-state index < -0.39 is 11.7 Å². The lowest BCUT2D eigenvalue weighted by Gasteiger charge is -2.47. The van der Waals surface area contributed by atoms with E-state index in [1.54, 1.807) is 0 Å². The van der Waals surface area contributed by atoms with Gasteiger partial charge in [-0.1, -0.05) is 30.9 Å². The maximum atomic E-state index is 13.5. The first-order chi connectivity index (χ1) is 16.9. The number of hydrogen-bond acceptors (Lipinski definition) is 5. The van der Waals surface area contributed by atoms with Crippen molar-refractivity contribution in [2.45, 2.75) is 90.3 Å². The van der Waals surface area contributed by atoms with Crippen molar-refractivity contribution in [1.29, 1.82) is 0 Å². The molecule has 11 heteroatoms. The molecule has 0 bridgehead atoms. The second kappa shape index (κ2) is 11.7. The molecule has 0 aliphatic carbocycles. The number of aromatic nitrogens is 2. The zero-order valence-electron chi connectivity index (χ0n) is 20.9. The predicted octanol–water partition coefficient (Wildman–Crippen LogP) is 5.52. The predicted molar refractivity (Wildman–Crippen MR) is 135 cm³/mol. The molecule has 1 unspecified atom stereocenters. The summed E-state index contributed by atoms with van der Waals surface area (Å²) in [5, 5.41) is 0.00196. The average molecular weight is 523 g/mol. The highest BCUT2D eigenvalue weighted by Gasteiger charge is 2.41. The molecular weight excluding hydrogens is 492 g/mol. The molecule has 3 rings (SSSR count). The van der Waals surface area contributed by atoms with E-state index in [0.29, 0.717) is 42.7 Å². The van der Waals surface area contributed by atoms with E-state index in [1.807, 2.05) is 37.5 Å². The number of piperidine rings is 1. The summed E-state index contributed by atoms with van der Waals surface area (Å²) < 4.78 is 45.9. The highest BCUT2D eigenvalue weighted by atomic mass is 35.5. The van der Waals surface area contributed by atoms with Crippen LogP contribution < -0.4 is 10.4 Å². The molecule has 1 aromatic carbocycles. The fourth-order valence-electron chi connectivity index (χ4n) is 4.74. The largest absolute Gasteiger partial charge is 0.447 e. The molecule has 194 valence electrons. The van der Waals surface area contributed by atoms with Gasteiger partial charge in [0, 0.05) is 42.1 Å². The number of halogens is 4. The summed E-state index contributed by atoms with van der Waals surface area (Å²) in [4.78, 5) is 25.4. The van der Waals surface area contributed by atoms with Crippen molar-refractivity contribution >= 4 is 37.0 Å². The number of benzene rings is 1. The van der Waals surface area contributed by atoms with E-state index in [4.69, 9.17) is 24.2 Å². The average Bonchev–Trinajstić information content (AvgIpc) is 2.81. The Morgan fingerprint density at radius 2 is 1.75 bits per heavy atom. The fourth-order valence-corrected chi connectivity index (χ4v) is 4.99. The Kier molecular flexibility index (Phi) is 9.14. The van der Waals surface area contributed by atoms with Gasteiger partial charge >= 0.3 is 12.3 Å². The Morgan fingerprint density at radius 3 is 2.25 bits per heavy atom. The van der Waals surface area contributed by atoms with Crippen LogP contribution in [0, 0.1) is 0 Å². The molecular formula is C25H31BClF3N4O2. The van der Waals surface area contributed by atoms with Crippen LogP contribution in [0.15, 0.2) is 30.6 Å². The Hall–Kier alpha value is -2.49. The number of hydrogen-bond donors (Lipinski definition) is 0. The first kappa shape index (κ1) is 28.1. The van der Waals surface area contributed by atoms with E-state index in [-0.39, 0.29) is 41.9 Å². The van der Waals surface area contributed by atoms with Gasteiger partial charge in [-0.2, -0.15) is 13.2 Å². The lowest BCUT2D eigenvalue weighted by atomic mass is 9.87. The molecule has 1 aliphatic rings. The van der Waals surface area contributed by atoms with E-state index in [0.717, 1.165) is 12.1 Å². The van der Waals surface area contributed by atoms with Crippen LogP contribution in [-0.2, 0) is 17.5 Å². The summed E-state index contributed by atoms with van der Waals surface area (Å²) in [6, 6.07) is 3.17. The van der Waals surface area contributed by atoms with Crippen LogP contribution in [0.4, 0.5) is 23.9 Å². The van der Waals surface area contributed by atoms with Crippen LogP contribution in [0.1, 0.15) is 64.5 Å². The van der Waals surface area contributed by atoms with Gasteiger partial charge in [0.2, 0.25) is 5.95 Å². The van der Waals surface area contributed by atoms with Crippen molar-refractivity contribution in [2.24, 2.45) is 0 Å². The molecule has 6 nitrogen and oxygen atoms in total. The highest BCUT2D eigenvalue weighted by molar-refractivity contribution is 6.31. The van der Waals surface area contributed by atoms with E-state index in [1.165, 1.54) is 18.5 Å². The SMILES string of the molecule is [B]c1cnc(N(Cc2cc(Cl)cc(C(F)(F)F)c2)C2C[C@@H](CC)N(C(=O)OC(C)C)[C@@H](CC)C2)nc1. The third-order valence-corrected chi connectivity index (χ3v) is 6.58. The number of anilines is 1. The second-order valence-electron chi connectivity index (χ2n) is 9.38. The Labute approximate surface area is 216 Å². The lowest BCUT2D eigenvalue weighted by molar-refractivity contribution is -0.137. The topological polar surface area (TPSA) is 58.6 Å². The van der Waals surface area contributed by atoms with Crippen molar-refractivity contribution in [1.82, 2.24) is 14.9 Å². The molecule has 1 amide bonds. The standard InChI is InChI=1S/C25H31BClF3N4O2/c1-5-20-10-22(11-21(6-2)34(20)24(35)36-15(3)4)33(23-31-12-18(26)13-32-23)14-16-7-17(25(28,29)30)9-19(27)8-16/h7-9,12-13,15,20-22H,5-6,10-11,14H2,1-4H3/t20-,21+,22?. The van der Waals surface area contributed by atoms with Gasteiger partial charge < -0.3 is 14.5 Å².